The third-order valence-corrected chi connectivity index (χ3v) is 6.52. The molecule has 1 atom stereocenters. The quantitative estimate of drug-likeness (QED) is 0.300. The molecule has 5 rings (SSSR count). The monoisotopic (exact) mass is 483 g/mol. The number of fused-ring (bicyclic) bond motifs is 2. The Kier molecular flexibility index (Phi) is 6.38. The second kappa shape index (κ2) is 9.76. The van der Waals surface area contributed by atoms with Crippen LogP contribution in [0.3, 0.4) is 0 Å². The summed E-state index contributed by atoms with van der Waals surface area (Å²) in [4.78, 5) is 6.84. The van der Waals surface area contributed by atoms with Crippen molar-refractivity contribution in [3.05, 3.63) is 112 Å². The molecule has 1 aliphatic rings. The molecule has 0 saturated carbocycles. The molecule has 1 aromatic heterocycles. The van der Waals surface area contributed by atoms with Gasteiger partial charge in [0.05, 0.1) is 11.8 Å². The van der Waals surface area contributed by atoms with E-state index in [-0.39, 0.29) is 11.4 Å². The van der Waals surface area contributed by atoms with Crippen molar-refractivity contribution in [1.82, 2.24) is 9.66 Å². The van der Waals surface area contributed by atoms with Crippen molar-refractivity contribution in [1.29, 1.82) is 5.41 Å². The summed E-state index contributed by atoms with van der Waals surface area (Å²) in [6.45, 7) is 6.08. The lowest BCUT2D eigenvalue weighted by atomic mass is 9.84. The van der Waals surface area contributed by atoms with E-state index in [0.717, 1.165) is 41.2 Å². The van der Waals surface area contributed by atoms with Crippen LogP contribution < -0.4 is 15.1 Å². The molecular weight excluding hydrogens is 458 g/mol. The second-order valence-corrected chi connectivity index (χ2v) is 8.73. The minimum Gasteiger partial charge on any atom is -0.438 e. The fourth-order valence-electron chi connectivity index (χ4n) is 4.45. The number of nitrogens with zero attached hydrogens (tertiary/aromatic N) is 4. The van der Waals surface area contributed by atoms with E-state index in [4.69, 9.17) is 21.7 Å². The highest BCUT2D eigenvalue weighted by Gasteiger charge is 2.32. The Morgan fingerprint density at radius 2 is 1.80 bits per heavy atom. The molecular formula is C28H26ClN5O. The summed E-state index contributed by atoms with van der Waals surface area (Å²) in [7, 11) is 0. The molecule has 1 N–H and O–H groups in total. The van der Waals surface area contributed by atoms with Gasteiger partial charge in [0.15, 0.2) is 5.49 Å². The van der Waals surface area contributed by atoms with Crippen LogP contribution in [0.15, 0.2) is 84.2 Å². The maximum Gasteiger partial charge on any atom is 0.228 e. The Morgan fingerprint density at radius 3 is 2.51 bits per heavy atom. The van der Waals surface area contributed by atoms with Gasteiger partial charge < -0.3 is 9.64 Å². The van der Waals surface area contributed by atoms with Crippen molar-refractivity contribution in [3.8, 4) is 11.6 Å². The van der Waals surface area contributed by atoms with Crippen LogP contribution in [0.5, 0.6) is 11.6 Å². The van der Waals surface area contributed by atoms with Gasteiger partial charge in [-0.2, -0.15) is 5.10 Å². The zero-order valence-electron chi connectivity index (χ0n) is 19.6. The molecule has 0 fully saturated rings. The maximum absolute atomic E-state index is 9.02. The lowest BCUT2D eigenvalue weighted by Crippen LogP contribution is -2.28. The molecule has 4 aromatic rings. The first kappa shape index (κ1) is 22.9. The van der Waals surface area contributed by atoms with E-state index in [1.54, 1.807) is 6.21 Å². The van der Waals surface area contributed by atoms with E-state index in [2.05, 4.69) is 47.0 Å². The highest BCUT2D eigenvalue weighted by molar-refractivity contribution is 6.30. The molecule has 2 heterocycles. The van der Waals surface area contributed by atoms with E-state index in [9.17, 15) is 0 Å². The van der Waals surface area contributed by atoms with Gasteiger partial charge in [-0.1, -0.05) is 60.1 Å². The zero-order valence-corrected chi connectivity index (χ0v) is 20.4. The second-order valence-electron chi connectivity index (χ2n) is 8.29. The van der Waals surface area contributed by atoms with Crippen LogP contribution in [-0.4, -0.2) is 29.0 Å². The normalized spacial score (nSPS) is 14.3. The fraction of sp³-hybridized carbons (Fsp3) is 0.179. The molecule has 6 nitrogen and oxygen atoms in total. The minimum atomic E-state index is -0.240. The number of nitrogens with one attached hydrogen (secondary N) is 1. The largest absolute Gasteiger partial charge is 0.438 e. The first-order valence-electron chi connectivity index (χ1n) is 11.7. The number of rotatable bonds is 6. The Morgan fingerprint density at radius 1 is 1.06 bits per heavy atom. The molecule has 0 amide bonds. The van der Waals surface area contributed by atoms with Crippen molar-refractivity contribution in [3.63, 3.8) is 0 Å². The SMILES string of the molecule is CCN(CC)c1ccc2c(c1)Oc1ncn(/N=C/c3ccccc3)c(=N)c1C2c1ccc(Cl)cc1. The summed E-state index contributed by atoms with van der Waals surface area (Å²) in [5, 5.41) is 14.2. The molecule has 35 heavy (non-hydrogen) atoms. The summed E-state index contributed by atoms with van der Waals surface area (Å²) >= 11 is 6.19. The minimum absolute atomic E-state index is 0.223. The van der Waals surface area contributed by atoms with Crippen LogP contribution in [0.4, 0.5) is 5.69 Å². The number of anilines is 1. The average Bonchev–Trinajstić information content (AvgIpc) is 2.89. The van der Waals surface area contributed by atoms with Gasteiger partial charge in [-0.05, 0) is 43.2 Å². The van der Waals surface area contributed by atoms with Crippen molar-refractivity contribution in [2.24, 2.45) is 5.10 Å². The van der Waals surface area contributed by atoms with Crippen molar-refractivity contribution >= 4 is 23.5 Å². The zero-order chi connectivity index (χ0) is 24.4. The van der Waals surface area contributed by atoms with Crippen LogP contribution in [0.1, 0.15) is 42.0 Å². The Balaban J connectivity index is 1.65. The Bertz CT molecular complexity index is 1430. The summed E-state index contributed by atoms with van der Waals surface area (Å²) < 4.78 is 7.76. The summed E-state index contributed by atoms with van der Waals surface area (Å²) in [5.41, 5.74) is 4.92. The van der Waals surface area contributed by atoms with Gasteiger partial charge in [0, 0.05) is 41.3 Å². The average molecular weight is 484 g/mol. The van der Waals surface area contributed by atoms with Gasteiger partial charge >= 0.3 is 0 Å². The molecule has 7 heteroatoms. The third-order valence-electron chi connectivity index (χ3n) is 6.27. The highest BCUT2D eigenvalue weighted by Crippen LogP contribution is 2.46. The van der Waals surface area contributed by atoms with Gasteiger partial charge in [0.2, 0.25) is 5.88 Å². The molecule has 1 aliphatic heterocycles. The smallest absolute Gasteiger partial charge is 0.228 e. The third kappa shape index (κ3) is 4.45. The molecule has 0 bridgehead atoms. The van der Waals surface area contributed by atoms with Crippen LogP contribution in [0.2, 0.25) is 5.02 Å². The molecule has 0 radical (unpaired) electrons. The number of ether oxygens (including phenoxy) is 1. The predicted octanol–water partition coefficient (Wildman–Crippen LogP) is 6.03. The highest BCUT2D eigenvalue weighted by atomic mass is 35.5. The van der Waals surface area contributed by atoms with Gasteiger partial charge in [0.25, 0.3) is 0 Å². The van der Waals surface area contributed by atoms with E-state index < -0.39 is 0 Å². The molecule has 176 valence electrons. The van der Waals surface area contributed by atoms with Crippen molar-refractivity contribution in [2.45, 2.75) is 19.8 Å². The maximum atomic E-state index is 9.02. The number of benzene rings is 3. The molecule has 3 aromatic carbocycles. The first-order valence-corrected chi connectivity index (χ1v) is 12.0. The van der Waals surface area contributed by atoms with Crippen molar-refractivity contribution < 1.29 is 4.74 Å². The van der Waals surface area contributed by atoms with Gasteiger partial charge in [-0.3, -0.25) is 5.41 Å². The first-order chi connectivity index (χ1) is 17.1. The van der Waals surface area contributed by atoms with E-state index in [0.29, 0.717) is 16.5 Å². The van der Waals surface area contributed by atoms with E-state index in [1.807, 2.05) is 54.6 Å². The number of hydrogen-bond donors (Lipinski definition) is 1. The van der Waals surface area contributed by atoms with Gasteiger partial charge in [0.1, 0.15) is 12.1 Å². The Hall–Kier alpha value is -3.90. The van der Waals surface area contributed by atoms with Gasteiger partial charge in [-0.25, -0.2) is 9.66 Å². The van der Waals surface area contributed by atoms with Crippen LogP contribution >= 0.6 is 11.6 Å². The molecule has 0 aliphatic carbocycles. The number of aromatic nitrogens is 2. The summed E-state index contributed by atoms with van der Waals surface area (Å²) in [6.07, 6.45) is 3.25. The van der Waals surface area contributed by atoms with Crippen LogP contribution in [-0.2, 0) is 0 Å². The molecule has 1 unspecified atom stereocenters. The molecule has 0 spiro atoms. The van der Waals surface area contributed by atoms with E-state index in [1.165, 1.54) is 11.0 Å². The summed E-state index contributed by atoms with van der Waals surface area (Å²) in [5.74, 6) is 0.931. The van der Waals surface area contributed by atoms with Crippen molar-refractivity contribution in [2.75, 3.05) is 18.0 Å². The standard InChI is InChI=1S/C28H26ClN5O/c1-3-33(4-2)22-14-15-23-24(16-22)35-28-26(25(23)20-10-12-21(29)13-11-20)27(30)34(18-31-28)32-17-19-8-6-5-7-9-19/h5-18,25,30H,3-4H2,1-2H3/b30-27?,32-17+. The lowest BCUT2D eigenvalue weighted by Gasteiger charge is -2.30. The molecule has 0 saturated heterocycles. The number of hydrogen-bond acceptors (Lipinski definition) is 5. The van der Waals surface area contributed by atoms with E-state index >= 15 is 0 Å². The Labute approximate surface area is 209 Å². The van der Waals surface area contributed by atoms with Crippen LogP contribution in [0.25, 0.3) is 0 Å². The number of halogens is 1. The topological polar surface area (TPSA) is 66.5 Å². The fourth-order valence-corrected chi connectivity index (χ4v) is 4.58. The van der Waals surface area contributed by atoms with Crippen LogP contribution in [0, 0.1) is 5.41 Å². The van der Waals surface area contributed by atoms with Gasteiger partial charge in [-0.15, -0.1) is 0 Å². The predicted molar refractivity (Wildman–Crippen MR) is 140 cm³/mol. The summed E-state index contributed by atoms with van der Waals surface area (Å²) in [6, 6.07) is 23.8. The lowest BCUT2D eigenvalue weighted by molar-refractivity contribution is 0.424.